The van der Waals surface area contributed by atoms with Crippen molar-refractivity contribution in [3.8, 4) is 0 Å². The third-order valence-corrected chi connectivity index (χ3v) is 3.52. The molecule has 0 radical (unpaired) electrons. The first-order valence-corrected chi connectivity index (χ1v) is 7.67. The lowest BCUT2D eigenvalue weighted by Crippen LogP contribution is -2.38. The molecule has 112 valence electrons. The minimum Gasteiger partial charge on any atom is -0.378 e. The number of rotatable bonds is 8. The van der Waals surface area contributed by atoms with Gasteiger partial charge in [0.05, 0.1) is 12.7 Å². The molecule has 1 saturated heterocycles. The largest absolute Gasteiger partial charge is 0.378 e. The standard InChI is InChI=1S/C15H30N2O2/c1-12(2)9-13(3)19-8-6-15(18)17-11-14-5-4-7-16-10-14/h12-14,16H,4-11H2,1-3H3,(H,17,18). The van der Waals surface area contributed by atoms with Gasteiger partial charge < -0.3 is 15.4 Å². The van der Waals surface area contributed by atoms with Crippen LogP contribution in [0.5, 0.6) is 0 Å². The zero-order valence-corrected chi connectivity index (χ0v) is 12.7. The van der Waals surface area contributed by atoms with Crippen LogP contribution in [-0.4, -0.2) is 38.3 Å². The van der Waals surface area contributed by atoms with Crippen LogP contribution in [0.2, 0.25) is 0 Å². The quantitative estimate of drug-likeness (QED) is 0.709. The molecule has 0 aromatic heterocycles. The van der Waals surface area contributed by atoms with Gasteiger partial charge in [-0.05, 0) is 51.1 Å². The van der Waals surface area contributed by atoms with Crippen molar-refractivity contribution >= 4 is 5.91 Å². The summed E-state index contributed by atoms with van der Waals surface area (Å²) in [5.74, 6) is 1.35. The summed E-state index contributed by atoms with van der Waals surface area (Å²) in [7, 11) is 0. The minimum atomic E-state index is 0.113. The van der Waals surface area contributed by atoms with E-state index in [9.17, 15) is 4.79 Å². The number of amides is 1. The smallest absolute Gasteiger partial charge is 0.222 e. The highest BCUT2D eigenvalue weighted by Gasteiger charge is 2.14. The second-order valence-electron chi connectivity index (χ2n) is 6.08. The average Bonchev–Trinajstić information content (AvgIpc) is 2.36. The van der Waals surface area contributed by atoms with Gasteiger partial charge >= 0.3 is 0 Å². The summed E-state index contributed by atoms with van der Waals surface area (Å²) in [6.45, 7) is 9.92. The molecule has 2 N–H and O–H groups in total. The first-order valence-electron chi connectivity index (χ1n) is 7.67. The van der Waals surface area contributed by atoms with Gasteiger partial charge in [-0.3, -0.25) is 4.79 Å². The van der Waals surface area contributed by atoms with E-state index in [2.05, 4.69) is 31.4 Å². The van der Waals surface area contributed by atoms with Gasteiger partial charge in [-0.25, -0.2) is 0 Å². The zero-order valence-electron chi connectivity index (χ0n) is 12.7. The van der Waals surface area contributed by atoms with Crippen molar-refractivity contribution in [1.29, 1.82) is 0 Å². The Morgan fingerprint density at radius 1 is 1.42 bits per heavy atom. The number of piperidine rings is 1. The highest BCUT2D eigenvalue weighted by Crippen LogP contribution is 2.09. The molecule has 0 aromatic rings. The Bertz CT molecular complexity index is 251. The normalized spacial score (nSPS) is 21.4. The van der Waals surface area contributed by atoms with Crippen molar-refractivity contribution in [2.45, 2.75) is 52.6 Å². The molecule has 0 aromatic carbocycles. The van der Waals surface area contributed by atoms with E-state index in [1.54, 1.807) is 0 Å². The average molecular weight is 270 g/mol. The fourth-order valence-electron chi connectivity index (χ4n) is 2.53. The molecule has 1 aliphatic heterocycles. The van der Waals surface area contributed by atoms with E-state index in [4.69, 9.17) is 4.74 Å². The molecule has 1 fully saturated rings. The molecule has 0 spiro atoms. The summed E-state index contributed by atoms with van der Waals surface area (Å²) < 4.78 is 5.64. The lowest BCUT2D eigenvalue weighted by molar-refractivity contribution is -0.122. The molecule has 1 heterocycles. The number of carbonyl (C=O) groups is 1. The van der Waals surface area contributed by atoms with Gasteiger partial charge in [-0.1, -0.05) is 13.8 Å². The van der Waals surface area contributed by atoms with E-state index in [0.29, 0.717) is 24.9 Å². The van der Waals surface area contributed by atoms with Crippen LogP contribution in [0.1, 0.15) is 46.5 Å². The first-order chi connectivity index (χ1) is 9.08. The first kappa shape index (κ1) is 16.4. The van der Waals surface area contributed by atoms with Crippen LogP contribution in [0.15, 0.2) is 0 Å². The van der Waals surface area contributed by atoms with Gasteiger partial charge in [-0.2, -0.15) is 0 Å². The molecular formula is C15H30N2O2. The van der Waals surface area contributed by atoms with E-state index < -0.39 is 0 Å². The lowest BCUT2D eigenvalue weighted by atomic mass is 10.00. The summed E-state index contributed by atoms with van der Waals surface area (Å²) in [6, 6.07) is 0. The summed E-state index contributed by atoms with van der Waals surface area (Å²) in [4.78, 5) is 11.7. The monoisotopic (exact) mass is 270 g/mol. The summed E-state index contributed by atoms with van der Waals surface area (Å²) in [5.41, 5.74) is 0. The predicted molar refractivity (Wildman–Crippen MR) is 78.1 cm³/mol. The van der Waals surface area contributed by atoms with E-state index in [-0.39, 0.29) is 12.0 Å². The highest BCUT2D eigenvalue weighted by atomic mass is 16.5. The van der Waals surface area contributed by atoms with Crippen molar-refractivity contribution in [3.05, 3.63) is 0 Å². The van der Waals surface area contributed by atoms with Crippen LogP contribution >= 0.6 is 0 Å². The number of carbonyl (C=O) groups excluding carboxylic acids is 1. The third kappa shape index (κ3) is 8.22. The van der Waals surface area contributed by atoms with Crippen LogP contribution < -0.4 is 10.6 Å². The molecule has 2 atom stereocenters. The number of hydrogen-bond acceptors (Lipinski definition) is 3. The molecule has 0 aliphatic carbocycles. The summed E-state index contributed by atoms with van der Waals surface area (Å²) >= 11 is 0. The lowest BCUT2D eigenvalue weighted by Gasteiger charge is -2.23. The summed E-state index contributed by atoms with van der Waals surface area (Å²) in [5, 5.41) is 6.37. The van der Waals surface area contributed by atoms with Gasteiger partial charge in [0.15, 0.2) is 0 Å². The van der Waals surface area contributed by atoms with Crippen LogP contribution in [0.25, 0.3) is 0 Å². The maximum atomic E-state index is 11.7. The molecule has 4 heteroatoms. The number of hydrogen-bond donors (Lipinski definition) is 2. The van der Waals surface area contributed by atoms with Gasteiger partial charge in [0.1, 0.15) is 0 Å². The number of nitrogens with one attached hydrogen (secondary N) is 2. The van der Waals surface area contributed by atoms with E-state index in [1.807, 2.05) is 0 Å². The fourth-order valence-corrected chi connectivity index (χ4v) is 2.53. The van der Waals surface area contributed by atoms with E-state index in [0.717, 1.165) is 26.1 Å². The molecule has 0 saturated carbocycles. The molecule has 4 nitrogen and oxygen atoms in total. The van der Waals surface area contributed by atoms with Crippen LogP contribution in [-0.2, 0) is 9.53 Å². The topological polar surface area (TPSA) is 50.4 Å². The maximum Gasteiger partial charge on any atom is 0.222 e. The second-order valence-corrected chi connectivity index (χ2v) is 6.08. The Morgan fingerprint density at radius 2 is 2.21 bits per heavy atom. The number of ether oxygens (including phenoxy) is 1. The molecule has 0 bridgehead atoms. The fraction of sp³-hybridized carbons (Fsp3) is 0.933. The molecule has 1 amide bonds. The minimum absolute atomic E-state index is 0.113. The molecule has 19 heavy (non-hydrogen) atoms. The predicted octanol–water partition coefficient (Wildman–Crippen LogP) is 1.94. The highest BCUT2D eigenvalue weighted by molar-refractivity contribution is 5.75. The van der Waals surface area contributed by atoms with Crippen LogP contribution in [0.4, 0.5) is 0 Å². The molecule has 1 aliphatic rings. The second kappa shape index (κ2) is 9.32. The Morgan fingerprint density at radius 3 is 2.84 bits per heavy atom. The Balaban J connectivity index is 2.01. The summed E-state index contributed by atoms with van der Waals surface area (Å²) in [6.07, 6.45) is 4.21. The SMILES string of the molecule is CC(C)CC(C)OCCC(=O)NCC1CCCNC1. The van der Waals surface area contributed by atoms with Crippen LogP contribution in [0.3, 0.4) is 0 Å². The van der Waals surface area contributed by atoms with E-state index in [1.165, 1.54) is 12.8 Å². The van der Waals surface area contributed by atoms with Crippen molar-refractivity contribution in [2.75, 3.05) is 26.2 Å². The van der Waals surface area contributed by atoms with Gasteiger partial charge in [0.25, 0.3) is 0 Å². The van der Waals surface area contributed by atoms with Crippen molar-refractivity contribution in [3.63, 3.8) is 0 Å². The van der Waals surface area contributed by atoms with Gasteiger partial charge in [0.2, 0.25) is 5.91 Å². The van der Waals surface area contributed by atoms with Crippen molar-refractivity contribution in [2.24, 2.45) is 11.8 Å². The van der Waals surface area contributed by atoms with Gasteiger partial charge in [0, 0.05) is 13.0 Å². The van der Waals surface area contributed by atoms with Crippen molar-refractivity contribution in [1.82, 2.24) is 10.6 Å². The molecule has 2 unspecified atom stereocenters. The third-order valence-electron chi connectivity index (χ3n) is 3.52. The zero-order chi connectivity index (χ0) is 14.1. The van der Waals surface area contributed by atoms with Crippen LogP contribution in [0, 0.1) is 11.8 Å². The van der Waals surface area contributed by atoms with Gasteiger partial charge in [-0.15, -0.1) is 0 Å². The van der Waals surface area contributed by atoms with Crippen molar-refractivity contribution < 1.29 is 9.53 Å². The maximum absolute atomic E-state index is 11.7. The molecule has 1 rings (SSSR count). The Hall–Kier alpha value is -0.610. The Kier molecular flexibility index (Phi) is 8.07. The Labute approximate surface area is 117 Å². The van der Waals surface area contributed by atoms with E-state index >= 15 is 0 Å². The molecular weight excluding hydrogens is 240 g/mol.